The number of allylic oxidation sites excluding steroid dienone is 1. The van der Waals surface area contributed by atoms with E-state index in [-0.39, 0.29) is 24.1 Å². The van der Waals surface area contributed by atoms with E-state index in [0.29, 0.717) is 12.0 Å². The molecule has 16 heavy (non-hydrogen) atoms. The molecule has 0 radical (unpaired) electrons. The highest BCUT2D eigenvalue weighted by atomic mass is 16.3. The van der Waals surface area contributed by atoms with E-state index < -0.39 is 5.69 Å². The second-order valence-corrected chi connectivity index (χ2v) is 4.08. The molecule has 0 unspecified atom stereocenters. The second kappa shape index (κ2) is 4.09. The van der Waals surface area contributed by atoms with E-state index >= 15 is 0 Å². The summed E-state index contributed by atoms with van der Waals surface area (Å²) in [6.07, 6.45) is 5.67. The predicted octanol–water partition coefficient (Wildman–Crippen LogP) is -0.0455. The first-order chi connectivity index (χ1) is 7.63. The molecule has 1 aliphatic carbocycles. The molecule has 5 nitrogen and oxygen atoms in total. The van der Waals surface area contributed by atoms with Crippen LogP contribution < -0.4 is 11.2 Å². The molecule has 0 spiro atoms. The van der Waals surface area contributed by atoms with E-state index in [2.05, 4.69) is 4.98 Å². The maximum absolute atomic E-state index is 11.8. The smallest absolute Gasteiger partial charge is 0.328 e. The fourth-order valence-electron chi connectivity index (χ4n) is 1.96. The highest BCUT2D eigenvalue weighted by molar-refractivity contribution is 5.09. The number of nitrogens with one attached hydrogen (secondary N) is 1. The lowest BCUT2D eigenvalue weighted by molar-refractivity contribution is 0.243. The van der Waals surface area contributed by atoms with E-state index in [4.69, 9.17) is 5.11 Å². The molecule has 0 saturated heterocycles. The molecular weight excluding hydrogens is 208 g/mol. The quantitative estimate of drug-likeness (QED) is 0.689. The molecule has 0 aliphatic heterocycles. The van der Waals surface area contributed by atoms with Crippen LogP contribution >= 0.6 is 0 Å². The van der Waals surface area contributed by atoms with E-state index in [1.165, 1.54) is 10.8 Å². The molecule has 0 saturated carbocycles. The fourth-order valence-corrected chi connectivity index (χ4v) is 1.96. The number of aliphatic hydroxyl groups excluding tert-OH is 1. The van der Waals surface area contributed by atoms with Crippen molar-refractivity contribution in [3.63, 3.8) is 0 Å². The summed E-state index contributed by atoms with van der Waals surface area (Å²) in [6.45, 7) is 1.71. The Kier molecular flexibility index (Phi) is 2.78. The Labute approximate surface area is 92.1 Å². The Balaban J connectivity index is 2.43. The van der Waals surface area contributed by atoms with Gasteiger partial charge in [0.1, 0.15) is 0 Å². The molecule has 1 aromatic heterocycles. The molecular formula is C11H14N2O3. The van der Waals surface area contributed by atoms with Gasteiger partial charge in [0.15, 0.2) is 0 Å². The van der Waals surface area contributed by atoms with E-state index in [0.717, 1.165) is 0 Å². The molecule has 1 aliphatic rings. The van der Waals surface area contributed by atoms with Crippen molar-refractivity contribution in [2.24, 2.45) is 5.92 Å². The normalized spacial score (nSPS) is 23.9. The summed E-state index contributed by atoms with van der Waals surface area (Å²) in [4.78, 5) is 25.9. The Morgan fingerprint density at radius 3 is 2.88 bits per heavy atom. The maximum atomic E-state index is 11.8. The van der Waals surface area contributed by atoms with E-state index in [1.54, 1.807) is 13.0 Å². The molecule has 0 bridgehead atoms. The number of rotatable bonds is 2. The number of aryl methyl sites for hydroxylation is 1. The number of aromatic nitrogens is 2. The summed E-state index contributed by atoms with van der Waals surface area (Å²) in [5.74, 6) is 0.0387. The van der Waals surface area contributed by atoms with Gasteiger partial charge in [0.2, 0.25) is 0 Å². The third-order valence-corrected chi connectivity index (χ3v) is 2.90. The fraction of sp³-hybridized carbons (Fsp3) is 0.455. The standard InChI is InChI=1S/C11H14N2O3/c1-7-5-12-11(16)13(10(7)15)9-3-2-8(4-9)6-14/h2-3,5,8-9,14H,4,6H2,1H3,(H,12,16)/t8-,9+/m1/s1. The van der Waals surface area contributed by atoms with Crippen molar-refractivity contribution in [2.45, 2.75) is 19.4 Å². The van der Waals surface area contributed by atoms with Crippen molar-refractivity contribution >= 4 is 0 Å². The zero-order valence-electron chi connectivity index (χ0n) is 9.01. The molecule has 1 heterocycles. The molecule has 5 heteroatoms. The summed E-state index contributed by atoms with van der Waals surface area (Å²) in [5, 5.41) is 9.00. The molecule has 0 amide bonds. The number of hydrogen-bond acceptors (Lipinski definition) is 3. The van der Waals surface area contributed by atoms with Crippen LogP contribution in [0.3, 0.4) is 0 Å². The van der Waals surface area contributed by atoms with Crippen LogP contribution in [0.1, 0.15) is 18.0 Å². The van der Waals surface area contributed by atoms with Crippen LogP contribution in [0.5, 0.6) is 0 Å². The van der Waals surface area contributed by atoms with Gasteiger partial charge in [-0.1, -0.05) is 12.2 Å². The van der Waals surface area contributed by atoms with Crippen molar-refractivity contribution in [1.29, 1.82) is 0 Å². The number of nitrogens with zero attached hydrogens (tertiary/aromatic N) is 1. The topological polar surface area (TPSA) is 75.1 Å². The number of aliphatic hydroxyl groups is 1. The maximum Gasteiger partial charge on any atom is 0.328 e. The van der Waals surface area contributed by atoms with Crippen LogP contribution in [0.25, 0.3) is 0 Å². The van der Waals surface area contributed by atoms with Gasteiger partial charge in [0.05, 0.1) is 6.04 Å². The predicted molar refractivity (Wildman–Crippen MR) is 59.4 cm³/mol. The zero-order chi connectivity index (χ0) is 11.7. The average Bonchev–Trinajstić information content (AvgIpc) is 2.73. The Morgan fingerprint density at radius 1 is 1.50 bits per heavy atom. The minimum absolute atomic E-state index is 0.0387. The lowest BCUT2D eigenvalue weighted by Crippen LogP contribution is -2.38. The number of hydrogen-bond donors (Lipinski definition) is 2. The van der Waals surface area contributed by atoms with Gasteiger partial charge < -0.3 is 10.1 Å². The van der Waals surface area contributed by atoms with Gasteiger partial charge in [0, 0.05) is 24.3 Å². The van der Waals surface area contributed by atoms with E-state index in [9.17, 15) is 9.59 Å². The molecule has 0 aromatic carbocycles. The van der Waals surface area contributed by atoms with Gasteiger partial charge in [0.25, 0.3) is 5.56 Å². The molecule has 0 fully saturated rings. The van der Waals surface area contributed by atoms with Crippen LogP contribution in [-0.4, -0.2) is 21.3 Å². The van der Waals surface area contributed by atoms with Crippen LogP contribution in [0.2, 0.25) is 0 Å². The average molecular weight is 222 g/mol. The second-order valence-electron chi connectivity index (χ2n) is 4.08. The van der Waals surface area contributed by atoms with Crippen molar-refractivity contribution < 1.29 is 5.11 Å². The van der Waals surface area contributed by atoms with Crippen LogP contribution in [0.15, 0.2) is 27.9 Å². The number of aromatic amines is 1. The van der Waals surface area contributed by atoms with E-state index in [1.807, 2.05) is 6.08 Å². The van der Waals surface area contributed by atoms with Crippen LogP contribution in [0.4, 0.5) is 0 Å². The first kappa shape index (κ1) is 10.9. The molecule has 2 atom stereocenters. The lowest BCUT2D eigenvalue weighted by Gasteiger charge is -2.12. The highest BCUT2D eigenvalue weighted by Gasteiger charge is 2.22. The highest BCUT2D eigenvalue weighted by Crippen LogP contribution is 2.25. The molecule has 86 valence electrons. The van der Waals surface area contributed by atoms with Crippen LogP contribution in [0, 0.1) is 12.8 Å². The lowest BCUT2D eigenvalue weighted by atomic mass is 10.1. The van der Waals surface area contributed by atoms with Crippen molar-refractivity contribution in [1.82, 2.24) is 9.55 Å². The summed E-state index contributed by atoms with van der Waals surface area (Å²) in [7, 11) is 0. The number of H-pyrrole nitrogens is 1. The van der Waals surface area contributed by atoms with Crippen LogP contribution in [-0.2, 0) is 0 Å². The van der Waals surface area contributed by atoms with Gasteiger partial charge in [-0.05, 0) is 13.3 Å². The Morgan fingerprint density at radius 2 is 2.25 bits per heavy atom. The van der Waals surface area contributed by atoms with Crippen molar-refractivity contribution in [2.75, 3.05) is 6.61 Å². The largest absolute Gasteiger partial charge is 0.396 e. The summed E-state index contributed by atoms with van der Waals surface area (Å²) < 4.78 is 1.21. The Bertz CT molecular complexity index is 527. The van der Waals surface area contributed by atoms with Crippen molar-refractivity contribution in [3.05, 3.63) is 44.8 Å². The minimum Gasteiger partial charge on any atom is -0.396 e. The SMILES string of the molecule is Cc1c[nH]c(=O)n([C@H]2C=C[C@@H](CO)C2)c1=O. The van der Waals surface area contributed by atoms with Gasteiger partial charge in [-0.25, -0.2) is 4.79 Å². The van der Waals surface area contributed by atoms with Gasteiger partial charge in [-0.3, -0.25) is 9.36 Å². The molecule has 2 rings (SSSR count). The first-order valence-electron chi connectivity index (χ1n) is 5.23. The first-order valence-corrected chi connectivity index (χ1v) is 5.23. The summed E-state index contributed by atoms with van der Waals surface area (Å²) in [6, 6.07) is -0.242. The minimum atomic E-state index is -0.399. The van der Waals surface area contributed by atoms with Crippen molar-refractivity contribution in [3.8, 4) is 0 Å². The third-order valence-electron chi connectivity index (χ3n) is 2.90. The summed E-state index contributed by atoms with van der Waals surface area (Å²) in [5.41, 5.74) is -0.152. The van der Waals surface area contributed by atoms with Gasteiger partial charge >= 0.3 is 5.69 Å². The zero-order valence-corrected chi connectivity index (χ0v) is 9.01. The molecule has 1 aromatic rings. The summed E-state index contributed by atoms with van der Waals surface area (Å²) >= 11 is 0. The third kappa shape index (κ3) is 1.74. The van der Waals surface area contributed by atoms with Gasteiger partial charge in [-0.2, -0.15) is 0 Å². The monoisotopic (exact) mass is 222 g/mol. The Hall–Kier alpha value is -1.62. The molecule has 2 N–H and O–H groups in total. The van der Waals surface area contributed by atoms with Gasteiger partial charge in [-0.15, -0.1) is 0 Å².